The molecule has 0 fully saturated rings. The Kier molecular flexibility index (Phi) is 5.68. The lowest BCUT2D eigenvalue weighted by Gasteiger charge is -2.12. The molecule has 8 nitrogen and oxygen atoms in total. The Labute approximate surface area is 170 Å². The van der Waals surface area contributed by atoms with E-state index in [0.29, 0.717) is 34.8 Å². The smallest absolute Gasteiger partial charge is 0.291 e. The highest BCUT2D eigenvalue weighted by atomic mass is 32.2. The Morgan fingerprint density at radius 2 is 1.25 bits per heavy atom. The summed E-state index contributed by atoms with van der Waals surface area (Å²) in [6.07, 6.45) is 0. The maximum atomic E-state index is 12.3. The van der Waals surface area contributed by atoms with Gasteiger partial charge in [-0.3, -0.25) is 19.6 Å². The molecule has 2 aromatic carbocycles. The Bertz CT molecular complexity index is 912. The highest BCUT2D eigenvalue weighted by Crippen LogP contribution is 2.30. The van der Waals surface area contributed by atoms with Crippen LogP contribution in [0.3, 0.4) is 0 Å². The first-order valence-corrected chi connectivity index (χ1v) is 10.4. The van der Waals surface area contributed by atoms with Crippen molar-refractivity contribution < 1.29 is 9.59 Å². The fourth-order valence-electron chi connectivity index (χ4n) is 2.86. The average Bonchev–Trinajstić information content (AvgIpc) is 3.36. The van der Waals surface area contributed by atoms with Gasteiger partial charge in [-0.1, -0.05) is 24.3 Å². The van der Waals surface area contributed by atoms with Crippen molar-refractivity contribution in [1.29, 1.82) is 0 Å². The van der Waals surface area contributed by atoms with Crippen LogP contribution in [-0.2, 0) is 0 Å². The van der Waals surface area contributed by atoms with Crippen molar-refractivity contribution in [3.05, 3.63) is 36.4 Å². The molecule has 2 amide bonds. The fourth-order valence-corrected chi connectivity index (χ4v) is 4.20. The molecule has 28 heavy (non-hydrogen) atoms. The molecule has 2 aliphatic rings. The molecule has 144 valence electrons. The van der Waals surface area contributed by atoms with E-state index in [1.54, 1.807) is 0 Å². The number of rotatable bonds is 2. The Hall–Kier alpha value is -2.72. The summed E-state index contributed by atoms with van der Waals surface area (Å²) in [5.41, 5.74) is 1.36. The number of nitrogens with one attached hydrogen (secondary N) is 4. The summed E-state index contributed by atoms with van der Waals surface area (Å²) in [6, 6.07) is 11.2. The first kappa shape index (κ1) is 18.6. The third kappa shape index (κ3) is 4.39. The van der Waals surface area contributed by atoms with E-state index in [1.807, 2.05) is 36.4 Å². The molecule has 2 heterocycles. The number of benzene rings is 2. The molecule has 0 atom stereocenters. The number of amides is 2. The number of aliphatic imine (C=N–C) groups is 2. The van der Waals surface area contributed by atoms with Crippen LogP contribution >= 0.6 is 23.5 Å². The highest BCUT2D eigenvalue weighted by molar-refractivity contribution is 8.26. The number of anilines is 2. The van der Waals surface area contributed by atoms with Crippen molar-refractivity contribution in [2.24, 2.45) is 9.98 Å². The van der Waals surface area contributed by atoms with Gasteiger partial charge in [0.1, 0.15) is 0 Å². The molecule has 0 aliphatic carbocycles. The number of nitrogens with zero attached hydrogens (tertiary/aromatic N) is 2. The third-order valence-electron chi connectivity index (χ3n) is 4.06. The Morgan fingerprint density at radius 1 is 0.786 bits per heavy atom. The van der Waals surface area contributed by atoms with Gasteiger partial charge in [-0.25, -0.2) is 0 Å². The molecule has 4 N–H and O–H groups in total. The van der Waals surface area contributed by atoms with Crippen LogP contribution in [0.25, 0.3) is 10.8 Å². The Morgan fingerprint density at radius 3 is 1.64 bits per heavy atom. The van der Waals surface area contributed by atoms with E-state index in [-0.39, 0.29) is 10.5 Å². The minimum absolute atomic E-state index is 0.212. The van der Waals surface area contributed by atoms with Gasteiger partial charge >= 0.3 is 0 Å². The number of hydrogen-bond donors (Lipinski definition) is 4. The van der Waals surface area contributed by atoms with Gasteiger partial charge in [0.2, 0.25) is 0 Å². The molecule has 4 rings (SSSR count). The van der Waals surface area contributed by atoms with Gasteiger partial charge in [0.25, 0.3) is 10.5 Å². The van der Waals surface area contributed by atoms with Gasteiger partial charge in [0.15, 0.2) is 10.3 Å². The molecule has 0 radical (unpaired) electrons. The van der Waals surface area contributed by atoms with Gasteiger partial charge in [-0.2, -0.15) is 0 Å². The van der Waals surface area contributed by atoms with E-state index in [1.165, 1.54) is 0 Å². The van der Waals surface area contributed by atoms with E-state index in [2.05, 4.69) is 31.3 Å². The van der Waals surface area contributed by atoms with E-state index < -0.39 is 0 Å². The first-order valence-electron chi connectivity index (χ1n) is 8.75. The highest BCUT2D eigenvalue weighted by Gasteiger charge is 2.15. The van der Waals surface area contributed by atoms with Crippen molar-refractivity contribution in [3.8, 4) is 0 Å². The predicted molar refractivity (Wildman–Crippen MR) is 118 cm³/mol. The lowest BCUT2D eigenvalue weighted by Crippen LogP contribution is -2.19. The van der Waals surface area contributed by atoms with Crippen LogP contribution in [0.5, 0.6) is 0 Å². The molecular formula is C18H18N6O2S2. The van der Waals surface area contributed by atoms with Gasteiger partial charge in [0, 0.05) is 58.8 Å². The third-order valence-corrected chi connectivity index (χ3v) is 5.57. The van der Waals surface area contributed by atoms with Gasteiger partial charge in [-0.15, -0.1) is 0 Å². The van der Waals surface area contributed by atoms with Crippen molar-refractivity contribution in [2.45, 2.75) is 0 Å². The quantitative estimate of drug-likeness (QED) is 0.601. The molecule has 2 aromatic rings. The molecule has 2 aliphatic heterocycles. The SMILES string of the molecule is O=C(Nc1cccc2c(NC(=O)SC3=NCCN3)cccc12)SC1=NCCN1. The minimum atomic E-state index is -0.212. The monoisotopic (exact) mass is 414 g/mol. The molecule has 0 unspecified atom stereocenters. The maximum Gasteiger partial charge on any atom is 0.291 e. The molecule has 0 spiro atoms. The number of thioether (sulfide) groups is 2. The van der Waals surface area contributed by atoms with Gasteiger partial charge in [-0.05, 0) is 12.1 Å². The van der Waals surface area contributed by atoms with E-state index in [0.717, 1.165) is 47.4 Å². The van der Waals surface area contributed by atoms with Crippen LogP contribution in [0.1, 0.15) is 0 Å². The molecule has 10 heteroatoms. The number of carbonyl (C=O) groups is 2. The van der Waals surface area contributed by atoms with Gasteiger partial charge < -0.3 is 21.3 Å². The minimum Gasteiger partial charge on any atom is -0.363 e. The molecule has 0 saturated carbocycles. The average molecular weight is 415 g/mol. The summed E-state index contributed by atoms with van der Waals surface area (Å²) in [6.45, 7) is 2.89. The zero-order valence-electron chi connectivity index (χ0n) is 14.8. The second kappa shape index (κ2) is 8.53. The van der Waals surface area contributed by atoms with E-state index in [9.17, 15) is 9.59 Å². The largest absolute Gasteiger partial charge is 0.363 e. The van der Waals surface area contributed by atoms with Crippen molar-refractivity contribution in [1.82, 2.24) is 10.6 Å². The van der Waals surface area contributed by atoms with E-state index in [4.69, 9.17) is 0 Å². The van der Waals surface area contributed by atoms with E-state index >= 15 is 0 Å². The molecule has 0 aromatic heterocycles. The summed E-state index contributed by atoms with van der Waals surface area (Å²) in [7, 11) is 0. The summed E-state index contributed by atoms with van der Waals surface area (Å²) in [5, 5.41) is 14.5. The second-order valence-corrected chi connectivity index (χ2v) is 7.89. The molecular weight excluding hydrogens is 396 g/mol. The summed E-state index contributed by atoms with van der Waals surface area (Å²) in [5.74, 6) is 0. The summed E-state index contributed by atoms with van der Waals surface area (Å²) >= 11 is 2.08. The zero-order valence-corrected chi connectivity index (χ0v) is 16.5. The van der Waals surface area contributed by atoms with Crippen molar-refractivity contribution >= 4 is 66.5 Å². The van der Waals surface area contributed by atoms with Crippen LogP contribution in [0, 0.1) is 0 Å². The number of amidine groups is 2. The van der Waals surface area contributed by atoms with Gasteiger partial charge in [0.05, 0.1) is 13.1 Å². The lowest BCUT2D eigenvalue weighted by atomic mass is 10.1. The number of fused-ring (bicyclic) bond motifs is 1. The Balaban J connectivity index is 1.50. The topological polar surface area (TPSA) is 107 Å². The van der Waals surface area contributed by atoms with Crippen molar-refractivity contribution in [3.63, 3.8) is 0 Å². The van der Waals surface area contributed by atoms with Crippen LogP contribution in [-0.4, -0.2) is 47.0 Å². The number of carbonyl (C=O) groups excluding carboxylic acids is 2. The van der Waals surface area contributed by atoms with Crippen LogP contribution < -0.4 is 21.3 Å². The molecule has 0 saturated heterocycles. The normalized spacial score (nSPS) is 15.4. The van der Waals surface area contributed by atoms with Crippen LogP contribution in [0.15, 0.2) is 46.4 Å². The second-order valence-electron chi connectivity index (χ2n) is 5.96. The fraction of sp³-hybridized carbons (Fsp3) is 0.222. The van der Waals surface area contributed by atoms with Crippen molar-refractivity contribution in [2.75, 3.05) is 36.8 Å². The number of hydrogen-bond acceptors (Lipinski definition) is 8. The zero-order chi connectivity index (χ0) is 19.3. The van der Waals surface area contributed by atoms with Crippen LogP contribution in [0.2, 0.25) is 0 Å². The summed E-state index contributed by atoms with van der Waals surface area (Å²) < 4.78 is 0. The molecule has 0 bridgehead atoms. The maximum absolute atomic E-state index is 12.3. The first-order chi connectivity index (χ1) is 13.7. The lowest BCUT2D eigenvalue weighted by molar-refractivity contribution is 0.269. The standard InChI is InChI=1S/C18H18N6O2S2/c25-17(27-15-19-7-8-20-15)23-13-5-1-3-11-12(13)4-2-6-14(11)24-18(26)28-16-21-9-10-22-16/h1-6H,7-10H2,(H,19,20)(H,21,22)(H,23,25)(H,24,26). The van der Waals surface area contributed by atoms with Crippen LogP contribution in [0.4, 0.5) is 21.0 Å². The summed E-state index contributed by atoms with van der Waals surface area (Å²) in [4.78, 5) is 33.0. The predicted octanol–water partition coefficient (Wildman–Crippen LogP) is 3.29.